The minimum Gasteiger partial charge on any atom is -0.331 e. The Bertz CT molecular complexity index is 923. The van der Waals surface area contributed by atoms with Crippen molar-refractivity contribution >= 4 is 16.8 Å². The van der Waals surface area contributed by atoms with E-state index < -0.39 is 0 Å². The van der Waals surface area contributed by atoms with Crippen molar-refractivity contribution in [1.82, 2.24) is 24.9 Å². The molecule has 3 heterocycles. The molecule has 0 saturated carbocycles. The Hall–Kier alpha value is -2.63. The third-order valence-electron chi connectivity index (χ3n) is 4.85. The second kappa shape index (κ2) is 5.47. The lowest BCUT2D eigenvalue weighted by Crippen LogP contribution is -2.31. The van der Waals surface area contributed by atoms with E-state index in [0.29, 0.717) is 5.56 Å². The van der Waals surface area contributed by atoms with E-state index >= 15 is 0 Å². The molecule has 1 fully saturated rings. The third-order valence-corrected chi connectivity index (χ3v) is 4.85. The van der Waals surface area contributed by atoms with Crippen LogP contribution in [0.15, 0.2) is 24.5 Å². The first kappa shape index (κ1) is 14.9. The molecule has 0 bridgehead atoms. The number of hydrogen-bond donors (Lipinski definition) is 1. The van der Waals surface area contributed by atoms with Crippen molar-refractivity contribution in [2.24, 2.45) is 7.05 Å². The summed E-state index contributed by atoms with van der Waals surface area (Å²) in [5, 5.41) is 12.5. The molecule has 1 saturated heterocycles. The summed E-state index contributed by atoms with van der Waals surface area (Å²) in [7, 11) is 1.92. The third kappa shape index (κ3) is 2.29. The van der Waals surface area contributed by atoms with E-state index in [2.05, 4.69) is 15.3 Å². The molecule has 0 spiro atoms. The van der Waals surface area contributed by atoms with Crippen LogP contribution in [0.1, 0.15) is 46.1 Å². The number of likely N-dealkylation sites (tertiary alicyclic amines) is 1. The minimum absolute atomic E-state index is 0.0682. The number of aryl methyl sites for hydroxylation is 3. The molecule has 6 heteroatoms. The lowest BCUT2D eigenvalue weighted by molar-refractivity contribution is 0.0737. The van der Waals surface area contributed by atoms with Gasteiger partial charge >= 0.3 is 0 Å². The van der Waals surface area contributed by atoms with Crippen LogP contribution in [0.4, 0.5) is 0 Å². The molecule has 3 aromatic rings. The highest BCUT2D eigenvalue weighted by atomic mass is 16.2. The second-order valence-electron chi connectivity index (χ2n) is 6.65. The predicted octanol–water partition coefficient (Wildman–Crippen LogP) is 2.89. The Balaban J connectivity index is 1.75. The molecule has 1 aliphatic rings. The molecule has 2 aromatic heterocycles. The molecule has 0 radical (unpaired) electrons. The number of nitrogens with one attached hydrogen (secondary N) is 1. The Morgan fingerprint density at radius 1 is 1.33 bits per heavy atom. The number of carbonyl (C=O) groups is 1. The molecule has 124 valence electrons. The fraction of sp³-hybridized carbons (Fsp3) is 0.389. The SMILES string of the molecule is Cc1cc(C(=O)N2CCCC2c2cn(C)nc2C)c2[nH]ncc2c1. The van der Waals surface area contributed by atoms with Crippen LogP contribution < -0.4 is 0 Å². The van der Waals surface area contributed by atoms with E-state index in [1.165, 1.54) is 0 Å². The molecule has 1 aromatic carbocycles. The number of nitrogens with zero attached hydrogens (tertiary/aromatic N) is 4. The molecule has 6 nitrogen and oxygen atoms in total. The summed E-state index contributed by atoms with van der Waals surface area (Å²) in [6, 6.07) is 4.10. The molecule has 0 aliphatic carbocycles. The Labute approximate surface area is 140 Å². The van der Waals surface area contributed by atoms with Gasteiger partial charge in [-0.1, -0.05) is 0 Å². The summed E-state index contributed by atoms with van der Waals surface area (Å²) in [5.74, 6) is 0.0682. The number of aromatic nitrogens is 4. The summed E-state index contributed by atoms with van der Waals surface area (Å²) in [6.07, 6.45) is 5.80. The molecule has 24 heavy (non-hydrogen) atoms. The number of carbonyl (C=O) groups excluding carboxylic acids is 1. The molecule has 1 unspecified atom stereocenters. The fourth-order valence-corrected chi connectivity index (χ4v) is 3.81. The van der Waals surface area contributed by atoms with Gasteiger partial charge in [0.2, 0.25) is 0 Å². The summed E-state index contributed by atoms with van der Waals surface area (Å²) >= 11 is 0. The average molecular weight is 323 g/mol. The number of aromatic amines is 1. The minimum atomic E-state index is 0.0682. The van der Waals surface area contributed by atoms with Crippen LogP contribution in [-0.2, 0) is 7.05 Å². The smallest absolute Gasteiger partial charge is 0.256 e. The lowest BCUT2D eigenvalue weighted by atomic mass is 10.0. The summed E-state index contributed by atoms with van der Waals surface area (Å²) in [5.41, 5.74) is 4.74. The van der Waals surface area contributed by atoms with Gasteiger partial charge in [-0.2, -0.15) is 10.2 Å². The van der Waals surface area contributed by atoms with Crippen LogP contribution in [0.5, 0.6) is 0 Å². The van der Waals surface area contributed by atoms with E-state index in [0.717, 1.165) is 47.1 Å². The van der Waals surface area contributed by atoms with E-state index in [9.17, 15) is 4.79 Å². The van der Waals surface area contributed by atoms with Gasteiger partial charge in [0, 0.05) is 30.7 Å². The summed E-state index contributed by atoms with van der Waals surface area (Å²) in [6.45, 7) is 4.80. The monoisotopic (exact) mass is 323 g/mol. The van der Waals surface area contributed by atoms with Crippen LogP contribution >= 0.6 is 0 Å². The number of H-pyrrole nitrogens is 1. The van der Waals surface area contributed by atoms with Crippen molar-refractivity contribution in [1.29, 1.82) is 0 Å². The zero-order valence-electron chi connectivity index (χ0n) is 14.2. The summed E-state index contributed by atoms with van der Waals surface area (Å²) < 4.78 is 1.82. The van der Waals surface area contributed by atoms with Gasteiger partial charge in [0.15, 0.2) is 0 Å². The van der Waals surface area contributed by atoms with Gasteiger partial charge in [-0.15, -0.1) is 0 Å². The first-order valence-corrected chi connectivity index (χ1v) is 8.29. The van der Waals surface area contributed by atoms with Crippen LogP contribution in [0.3, 0.4) is 0 Å². The first-order chi connectivity index (χ1) is 11.5. The molecule has 4 rings (SSSR count). The molecule has 1 aliphatic heterocycles. The Morgan fingerprint density at radius 3 is 2.92 bits per heavy atom. The highest BCUT2D eigenvalue weighted by Crippen LogP contribution is 2.35. The van der Waals surface area contributed by atoms with Crippen molar-refractivity contribution in [3.05, 3.63) is 46.9 Å². The van der Waals surface area contributed by atoms with Gasteiger partial charge in [-0.25, -0.2) is 0 Å². The van der Waals surface area contributed by atoms with Gasteiger partial charge in [0.1, 0.15) is 0 Å². The number of benzene rings is 1. The van der Waals surface area contributed by atoms with E-state index in [4.69, 9.17) is 0 Å². The lowest BCUT2D eigenvalue weighted by Gasteiger charge is -2.25. The second-order valence-corrected chi connectivity index (χ2v) is 6.65. The van der Waals surface area contributed by atoms with Crippen molar-refractivity contribution in [3.63, 3.8) is 0 Å². The number of rotatable bonds is 2. The van der Waals surface area contributed by atoms with Crippen molar-refractivity contribution in [2.45, 2.75) is 32.7 Å². The number of hydrogen-bond acceptors (Lipinski definition) is 3. The van der Waals surface area contributed by atoms with E-state index in [-0.39, 0.29) is 11.9 Å². The molecular weight excluding hydrogens is 302 g/mol. The highest BCUT2D eigenvalue weighted by molar-refractivity contribution is 6.06. The first-order valence-electron chi connectivity index (χ1n) is 8.29. The predicted molar refractivity (Wildman–Crippen MR) is 91.8 cm³/mol. The van der Waals surface area contributed by atoms with Gasteiger partial charge < -0.3 is 4.90 Å². The zero-order chi connectivity index (χ0) is 16.8. The quantitative estimate of drug-likeness (QED) is 0.788. The maximum atomic E-state index is 13.3. The van der Waals surface area contributed by atoms with Crippen molar-refractivity contribution in [2.75, 3.05) is 6.54 Å². The maximum Gasteiger partial charge on any atom is 0.256 e. The van der Waals surface area contributed by atoms with Crippen LogP contribution in [-0.4, -0.2) is 37.3 Å². The zero-order valence-corrected chi connectivity index (χ0v) is 14.2. The van der Waals surface area contributed by atoms with Gasteiger partial charge in [-0.3, -0.25) is 14.6 Å². The fourth-order valence-electron chi connectivity index (χ4n) is 3.81. The van der Waals surface area contributed by atoms with Crippen LogP contribution in [0.25, 0.3) is 10.9 Å². The Kier molecular flexibility index (Phi) is 3.40. The number of amides is 1. The number of fused-ring (bicyclic) bond motifs is 1. The average Bonchev–Trinajstić information content (AvgIpc) is 3.24. The van der Waals surface area contributed by atoms with Gasteiger partial charge in [0.25, 0.3) is 5.91 Å². The molecular formula is C18H21N5O. The normalized spacial score (nSPS) is 17.8. The maximum absolute atomic E-state index is 13.3. The van der Waals surface area contributed by atoms with Gasteiger partial charge in [0.05, 0.1) is 29.0 Å². The topological polar surface area (TPSA) is 66.8 Å². The molecule has 1 amide bonds. The van der Waals surface area contributed by atoms with Gasteiger partial charge in [-0.05, 0) is 44.4 Å². The van der Waals surface area contributed by atoms with Crippen LogP contribution in [0.2, 0.25) is 0 Å². The van der Waals surface area contributed by atoms with Crippen molar-refractivity contribution in [3.8, 4) is 0 Å². The Morgan fingerprint density at radius 2 is 2.17 bits per heavy atom. The summed E-state index contributed by atoms with van der Waals surface area (Å²) in [4.78, 5) is 15.2. The molecule has 1 atom stereocenters. The van der Waals surface area contributed by atoms with Crippen LogP contribution in [0, 0.1) is 13.8 Å². The standard InChI is InChI=1S/C18H21N5O/c1-11-7-13-9-19-20-17(13)14(8-11)18(24)23-6-4-5-16(23)15-10-22(3)21-12(15)2/h7-10,16H,4-6H2,1-3H3,(H,19,20). The highest BCUT2D eigenvalue weighted by Gasteiger charge is 2.33. The van der Waals surface area contributed by atoms with E-state index in [1.807, 2.05) is 48.8 Å². The van der Waals surface area contributed by atoms with Crippen molar-refractivity contribution < 1.29 is 4.79 Å². The molecule has 1 N–H and O–H groups in total. The van der Waals surface area contributed by atoms with E-state index in [1.54, 1.807) is 6.20 Å². The largest absolute Gasteiger partial charge is 0.331 e.